The Bertz CT molecular complexity index is 401. The molecule has 2 unspecified atom stereocenters. The molecule has 0 bridgehead atoms. The fourth-order valence-electron chi connectivity index (χ4n) is 2.16. The van der Waals surface area contributed by atoms with Gasteiger partial charge in [0.2, 0.25) is 5.91 Å². The minimum atomic E-state index is -0.316. The van der Waals surface area contributed by atoms with Crippen molar-refractivity contribution in [3.63, 3.8) is 0 Å². The Labute approximate surface area is 113 Å². The van der Waals surface area contributed by atoms with Crippen LogP contribution in [0.2, 0.25) is 0 Å². The van der Waals surface area contributed by atoms with E-state index in [-0.39, 0.29) is 30.6 Å². The maximum Gasteiger partial charge on any atom is 0.231 e. The summed E-state index contributed by atoms with van der Waals surface area (Å²) in [5.74, 6) is -0.316. The fourth-order valence-corrected chi connectivity index (χ4v) is 3.32. The lowest BCUT2D eigenvalue weighted by Crippen LogP contribution is -2.46. The number of carbonyl (C=O) groups is 1. The number of thiophene rings is 1. The van der Waals surface area contributed by atoms with Crippen LogP contribution in [0, 0.1) is 6.92 Å². The van der Waals surface area contributed by atoms with Gasteiger partial charge in [-0.05, 0) is 44.7 Å². The summed E-state index contributed by atoms with van der Waals surface area (Å²) in [5.41, 5.74) is 12.7. The van der Waals surface area contributed by atoms with Crippen LogP contribution >= 0.6 is 11.3 Å². The average Bonchev–Trinajstić information content (AvgIpc) is 2.62. The first kappa shape index (κ1) is 15.1. The largest absolute Gasteiger partial charge is 0.369 e. The van der Waals surface area contributed by atoms with Crippen molar-refractivity contribution in [2.45, 2.75) is 45.8 Å². The van der Waals surface area contributed by atoms with Crippen LogP contribution < -0.4 is 11.5 Å². The Morgan fingerprint density at radius 3 is 2.39 bits per heavy atom. The molecule has 0 aromatic carbocycles. The number of nitrogens with zero attached hydrogens (tertiary/aromatic N) is 1. The van der Waals surface area contributed by atoms with Crippen molar-refractivity contribution in [2.75, 3.05) is 6.54 Å². The molecule has 1 amide bonds. The first-order valence-corrected chi connectivity index (χ1v) is 7.06. The van der Waals surface area contributed by atoms with Gasteiger partial charge in [0, 0.05) is 17.0 Å². The van der Waals surface area contributed by atoms with E-state index in [4.69, 9.17) is 11.5 Å². The highest BCUT2D eigenvalue weighted by atomic mass is 32.1. The molecule has 1 heterocycles. The second-order valence-corrected chi connectivity index (χ2v) is 5.95. The molecule has 1 rings (SSSR count). The van der Waals surface area contributed by atoms with Gasteiger partial charge in [0.05, 0.1) is 12.6 Å². The third-order valence-electron chi connectivity index (χ3n) is 3.03. The molecule has 0 spiro atoms. The quantitative estimate of drug-likeness (QED) is 0.824. The van der Waals surface area contributed by atoms with Crippen LogP contribution in [-0.2, 0) is 4.79 Å². The zero-order chi connectivity index (χ0) is 13.9. The number of rotatable bonds is 6. The highest BCUT2D eigenvalue weighted by Gasteiger charge is 2.29. The number of aryl methyl sites for hydroxylation is 1. The van der Waals surface area contributed by atoms with Crippen molar-refractivity contribution in [1.82, 2.24) is 4.90 Å². The predicted octanol–water partition coefficient (Wildman–Crippen LogP) is 1.64. The van der Waals surface area contributed by atoms with E-state index in [0.29, 0.717) is 0 Å². The standard InChI is InChI=1S/C13H23N3OS/c1-8(2)16(7-11(15)17)12(10(4)14)13-9(3)5-6-18-13/h5-6,8,10,12H,7,14H2,1-4H3,(H2,15,17). The van der Waals surface area contributed by atoms with Gasteiger partial charge >= 0.3 is 0 Å². The lowest BCUT2D eigenvalue weighted by molar-refractivity contribution is -0.120. The summed E-state index contributed by atoms with van der Waals surface area (Å²) in [5, 5.41) is 2.06. The summed E-state index contributed by atoms with van der Waals surface area (Å²) < 4.78 is 0. The van der Waals surface area contributed by atoms with Crippen molar-refractivity contribution in [1.29, 1.82) is 0 Å². The molecule has 4 nitrogen and oxygen atoms in total. The number of primary amides is 1. The van der Waals surface area contributed by atoms with Crippen LogP contribution in [0.4, 0.5) is 0 Å². The second kappa shape index (κ2) is 6.31. The smallest absolute Gasteiger partial charge is 0.231 e. The Morgan fingerprint density at radius 1 is 1.44 bits per heavy atom. The molecular formula is C13H23N3OS. The number of carbonyl (C=O) groups excluding carboxylic acids is 1. The molecule has 0 fully saturated rings. The van der Waals surface area contributed by atoms with E-state index < -0.39 is 0 Å². The molecule has 2 atom stereocenters. The Hall–Kier alpha value is -0.910. The minimum Gasteiger partial charge on any atom is -0.369 e. The molecule has 0 aliphatic rings. The first-order chi connectivity index (χ1) is 8.34. The molecular weight excluding hydrogens is 246 g/mol. The number of nitrogens with two attached hydrogens (primary N) is 2. The average molecular weight is 269 g/mol. The van der Waals surface area contributed by atoms with Crippen molar-refractivity contribution >= 4 is 17.2 Å². The third kappa shape index (κ3) is 3.54. The molecule has 1 aromatic heterocycles. The van der Waals surface area contributed by atoms with Crippen LogP contribution in [0.15, 0.2) is 11.4 Å². The molecule has 0 saturated heterocycles. The predicted molar refractivity (Wildman–Crippen MR) is 76.5 cm³/mol. The van der Waals surface area contributed by atoms with Crippen LogP contribution in [0.1, 0.15) is 37.3 Å². The monoisotopic (exact) mass is 269 g/mol. The van der Waals surface area contributed by atoms with Gasteiger partial charge in [0.15, 0.2) is 0 Å². The second-order valence-electron chi connectivity index (χ2n) is 5.00. The van der Waals surface area contributed by atoms with Gasteiger partial charge in [-0.3, -0.25) is 9.69 Å². The molecule has 0 aliphatic carbocycles. The van der Waals surface area contributed by atoms with Crippen molar-refractivity contribution in [2.24, 2.45) is 11.5 Å². The molecule has 0 radical (unpaired) electrons. The maximum atomic E-state index is 11.2. The van der Waals surface area contributed by atoms with Crippen LogP contribution in [0.3, 0.4) is 0 Å². The molecule has 0 saturated carbocycles. The van der Waals surface area contributed by atoms with Gasteiger partial charge in [-0.2, -0.15) is 0 Å². The van der Waals surface area contributed by atoms with Gasteiger partial charge in [0.1, 0.15) is 0 Å². The maximum absolute atomic E-state index is 11.2. The van der Waals surface area contributed by atoms with Crippen LogP contribution in [0.25, 0.3) is 0 Å². The first-order valence-electron chi connectivity index (χ1n) is 6.18. The lowest BCUT2D eigenvalue weighted by Gasteiger charge is -2.36. The van der Waals surface area contributed by atoms with E-state index in [9.17, 15) is 4.79 Å². The summed E-state index contributed by atoms with van der Waals surface area (Å²) in [4.78, 5) is 14.5. The summed E-state index contributed by atoms with van der Waals surface area (Å²) in [6.07, 6.45) is 0. The molecule has 18 heavy (non-hydrogen) atoms. The molecule has 102 valence electrons. The van der Waals surface area contributed by atoms with Gasteiger partial charge in [-0.1, -0.05) is 0 Å². The molecule has 0 aliphatic heterocycles. The summed E-state index contributed by atoms with van der Waals surface area (Å²) in [6, 6.07) is 2.29. The van der Waals surface area contributed by atoms with E-state index in [2.05, 4.69) is 37.1 Å². The summed E-state index contributed by atoms with van der Waals surface area (Å²) in [6.45, 7) is 8.40. The SMILES string of the molecule is Cc1ccsc1C(C(C)N)N(CC(N)=O)C(C)C. The highest BCUT2D eigenvalue weighted by molar-refractivity contribution is 7.10. The zero-order valence-corrected chi connectivity index (χ0v) is 12.3. The van der Waals surface area contributed by atoms with Gasteiger partial charge in [-0.25, -0.2) is 0 Å². The van der Waals surface area contributed by atoms with Crippen LogP contribution in [0.5, 0.6) is 0 Å². The van der Waals surface area contributed by atoms with E-state index >= 15 is 0 Å². The number of amides is 1. The lowest BCUT2D eigenvalue weighted by atomic mass is 10.0. The minimum absolute atomic E-state index is 0.0394. The van der Waals surface area contributed by atoms with E-state index in [1.807, 2.05) is 6.92 Å². The zero-order valence-electron chi connectivity index (χ0n) is 11.5. The summed E-state index contributed by atoms with van der Waals surface area (Å²) >= 11 is 1.69. The van der Waals surface area contributed by atoms with E-state index in [0.717, 1.165) is 0 Å². The Morgan fingerprint density at radius 2 is 2.06 bits per heavy atom. The molecule has 4 N–H and O–H groups in total. The molecule has 1 aromatic rings. The van der Waals surface area contributed by atoms with Crippen molar-refractivity contribution < 1.29 is 4.79 Å². The normalized spacial score (nSPS) is 15.1. The summed E-state index contributed by atoms with van der Waals surface area (Å²) in [7, 11) is 0. The fraction of sp³-hybridized carbons (Fsp3) is 0.615. The number of hydrogen-bond donors (Lipinski definition) is 2. The Kier molecular flexibility index (Phi) is 5.31. The van der Waals surface area contributed by atoms with Gasteiger partial charge in [-0.15, -0.1) is 11.3 Å². The van der Waals surface area contributed by atoms with Gasteiger partial charge < -0.3 is 11.5 Å². The van der Waals surface area contributed by atoms with E-state index in [1.165, 1.54) is 10.4 Å². The van der Waals surface area contributed by atoms with Crippen LogP contribution in [-0.4, -0.2) is 29.4 Å². The number of hydrogen-bond acceptors (Lipinski definition) is 4. The third-order valence-corrected chi connectivity index (χ3v) is 4.12. The molecule has 5 heteroatoms. The van der Waals surface area contributed by atoms with Crippen molar-refractivity contribution in [3.05, 3.63) is 21.9 Å². The highest BCUT2D eigenvalue weighted by Crippen LogP contribution is 2.31. The van der Waals surface area contributed by atoms with Gasteiger partial charge in [0.25, 0.3) is 0 Å². The topological polar surface area (TPSA) is 72.3 Å². The van der Waals surface area contributed by atoms with E-state index in [1.54, 1.807) is 11.3 Å². The Balaban J connectivity index is 3.09. The van der Waals surface area contributed by atoms with Crippen molar-refractivity contribution in [3.8, 4) is 0 Å².